The third-order valence-corrected chi connectivity index (χ3v) is 3.66. The molecule has 1 aromatic carbocycles. The Kier molecular flexibility index (Phi) is 6.22. The van der Waals surface area contributed by atoms with E-state index in [-0.39, 0.29) is 11.8 Å². The van der Waals surface area contributed by atoms with Crippen LogP contribution in [0.4, 0.5) is 5.69 Å². The fourth-order valence-electron chi connectivity index (χ4n) is 1.59. The molecule has 1 rings (SSSR count). The van der Waals surface area contributed by atoms with Crippen molar-refractivity contribution in [2.24, 2.45) is 11.7 Å². The Bertz CT molecular complexity index is 372. The smallest absolute Gasteiger partial charge is 0.228 e. The number of hydrogen-bond donors (Lipinski definition) is 2. The molecule has 1 unspecified atom stereocenters. The largest absolute Gasteiger partial charge is 0.330 e. The van der Waals surface area contributed by atoms with Crippen LogP contribution in [0.1, 0.15) is 27.2 Å². The minimum Gasteiger partial charge on any atom is -0.330 e. The van der Waals surface area contributed by atoms with Crippen molar-refractivity contribution in [3.05, 3.63) is 24.3 Å². The highest BCUT2D eigenvalue weighted by Gasteiger charge is 2.14. The maximum absolute atomic E-state index is 11.8. The molecule has 0 bridgehead atoms. The number of nitrogens with two attached hydrogens (primary N) is 1. The van der Waals surface area contributed by atoms with Crippen molar-refractivity contribution in [3.8, 4) is 0 Å². The summed E-state index contributed by atoms with van der Waals surface area (Å²) >= 11 is 1.81. The molecule has 4 heteroatoms. The minimum absolute atomic E-state index is 0.00395. The van der Waals surface area contributed by atoms with Crippen molar-refractivity contribution in [1.29, 1.82) is 0 Å². The Labute approximate surface area is 114 Å². The first-order valence-electron chi connectivity index (χ1n) is 6.34. The van der Waals surface area contributed by atoms with Gasteiger partial charge in [0.1, 0.15) is 0 Å². The summed E-state index contributed by atoms with van der Waals surface area (Å²) in [5, 5.41) is 3.46. The monoisotopic (exact) mass is 266 g/mol. The molecule has 0 aliphatic rings. The first-order chi connectivity index (χ1) is 8.56. The van der Waals surface area contributed by atoms with E-state index in [4.69, 9.17) is 5.73 Å². The van der Waals surface area contributed by atoms with Crippen molar-refractivity contribution in [1.82, 2.24) is 0 Å². The van der Waals surface area contributed by atoms with Crippen LogP contribution in [0, 0.1) is 5.92 Å². The van der Waals surface area contributed by atoms with E-state index in [0.29, 0.717) is 11.8 Å². The molecular weight excluding hydrogens is 244 g/mol. The number of carbonyl (C=O) groups is 1. The van der Waals surface area contributed by atoms with Gasteiger partial charge in [-0.3, -0.25) is 4.79 Å². The second kappa shape index (κ2) is 7.44. The average molecular weight is 266 g/mol. The summed E-state index contributed by atoms with van der Waals surface area (Å²) in [6.45, 7) is 6.68. The molecule has 0 radical (unpaired) electrons. The van der Waals surface area contributed by atoms with Crippen LogP contribution in [0.3, 0.4) is 0 Å². The van der Waals surface area contributed by atoms with Gasteiger partial charge in [0.15, 0.2) is 0 Å². The minimum atomic E-state index is -0.102. The number of anilines is 1. The zero-order valence-electron chi connectivity index (χ0n) is 11.3. The molecule has 100 valence electrons. The van der Waals surface area contributed by atoms with Gasteiger partial charge < -0.3 is 11.1 Å². The molecule has 3 nitrogen and oxygen atoms in total. The van der Waals surface area contributed by atoms with E-state index >= 15 is 0 Å². The third-order valence-electron chi connectivity index (χ3n) is 2.64. The Balaban J connectivity index is 2.60. The topological polar surface area (TPSA) is 55.1 Å². The molecule has 1 amide bonds. The number of hydrogen-bond acceptors (Lipinski definition) is 3. The second-order valence-electron chi connectivity index (χ2n) is 4.52. The van der Waals surface area contributed by atoms with E-state index in [1.165, 1.54) is 4.90 Å². The zero-order valence-corrected chi connectivity index (χ0v) is 12.1. The fraction of sp³-hybridized carbons (Fsp3) is 0.500. The highest BCUT2D eigenvalue weighted by Crippen LogP contribution is 2.24. The van der Waals surface area contributed by atoms with Crippen molar-refractivity contribution in [2.75, 3.05) is 11.9 Å². The summed E-state index contributed by atoms with van der Waals surface area (Å²) in [5.74, 6) is -0.0982. The second-order valence-corrected chi connectivity index (χ2v) is 6.17. The van der Waals surface area contributed by atoms with Gasteiger partial charge in [-0.15, -0.1) is 11.8 Å². The molecule has 0 aliphatic carbocycles. The van der Waals surface area contributed by atoms with Crippen molar-refractivity contribution in [2.45, 2.75) is 37.3 Å². The van der Waals surface area contributed by atoms with Gasteiger partial charge in [-0.2, -0.15) is 0 Å². The van der Waals surface area contributed by atoms with Crippen molar-refractivity contribution < 1.29 is 4.79 Å². The van der Waals surface area contributed by atoms with Crippen molar-refractivity contribution >= 4 is 23.4 Å². The van der Waals surface area contributed by atoms with Gasteiger partial charge in [0.2, 0.25) is 5.91 Å². The van der Waals surface area contributed by atoms with Crippen LogP contribution < -0.4 is 11.1 Å². The predicted octanol–water partition coefficient (Wildman–Crippen LogP) is 3.11. The molecule has 0 aliphatic heterocycles. The number of amides is 1. The predicted molar refractivity (Wildman–Crippen MR) is 78.9 cm³/mol. The first kappa shape index (κ1) is 15.1. The number of rotatable bonds is 6. The average Bonchev–Trinajstić information content (AvgIpc) is 2.32. The van der Waals surface area contributed by atoms with Crippen LogP contribution in [-0.2, 0) is 4.79 Å². The molecule has 0 spiro atoms. The summed E-state index contributed by atoms with van der Waals surface area (Å²) in [7, 11) is 0. The normalized spacial score (nSPS) is 12.5. The first-order valence-corrected chi connectivity index (χ1v) is 7.22. The molecule has 0 aromatic heterocycles. The molecule has 0 saturated carbocycles. The standard InChI is InChI=1S/C14H22N2OS/c1-4-11(9-15)14(17)16-12-5-7-13(8-6-12)18-10(2)3/h5-8,10-11H,4,9,15H2,1-3H3,(H,16,17). The lowest BCUT2D eigenvalue weighted by Gasteiger charge is -2.13. The Morgan fingerprint density at radius 2 is 1.94 bits per heavy atom. The number of carbonyl (C=O) groups excluding carboxylic acids is 1. The van der Waals surface area contributed by atoms with Crippen LogP contribution in [0.5, 0.6) is 0 Å². The van der Waals surface area contributed by atoms with E-state index in [9.17, 15) is 4.79 Å². The molecule has 0 saturated heterocycles. The van der Waals surface area contributed by atoms with Gasteiger partial charge in [-0.05, 0) is 30.7 Å². The lowest BCUT2D eigenvalue weighted by molar-refractivity contribution is -0.119. The van der Waals surface area contributed by atoms with E-state index in [1.807, 2.05) is 43.0 Å². The highest BCUT2D eigenvalue weighted by molar-refractivity contribution is 7.99. The fourth-order valence-corrected chi connectivity index (χ4v) is 2.43. The Morgan fingerprint density at radius 1 is 1.33 bits per heavy atom. The highest BCUT2D eigenvalue weighted by atomic mass is 32.2. The number of thioether (sulfide) groups is 1. The Morgan fingerprint density at radius 3 is 2.39 bits per heavy atom. The van der Waals surface area contributed by atoms with Crippen LogP contribution >= 0.6 is 11.8 Å². The van der Waals surface area contributed by atoms with Gasteiger partial charge in [0.25, 0.3) is 0 Å². The number of benzene rings is 1. The van der Waals surface area contributed by atoms with Crippen LogP contribution in [0.2, 0.25) is 0 Å². The summed E-state index contributed by atoms with van der Waals surface area (Å²) in [5.41, 5.74) is 6.39. The maximum Gasteiger partial charge on any atom is 0.228 e. The van der Waals surface area contributed by atoms with E-state index < -0.39 is 0 Å². The molecule has 3 N–H and O–H groups in total. The number of nitrogens with one attached hydrogen (secondary N) is 1. The van der Waals surface area contributed by atoms with E-state index in [1.54, 1.807) is 0 Å². The molecule has 0 fully saturated rings. The lowest BCUT2D eigenvalue weighted by Crippen LogP contribution is -2.28. The summed E-state index contributed by atoms with van der Waals surface area (Å²) in [6.07, 6.45) is 0.767. The summed E-state index contributed by atoms with van der Waals surface area (Å²) in [6, 6.07) is 7.94. The maximum atomic E-state index is 11.8. The van der Waals surface area contributed by atoms with Crippen molar-refractivity contribution in [3.63, 3.8) is 0 Å². The molecule has 0 heterocycles. The van der Waals surface area contributed by atoms with Crippen LogP contribution in [0.15, 0.2) is 29.2 Å². The molecular formula is C14H22N2OS. The molecule has 18 heavy (non-hydrogen) atoms. The van der Waals surface area contributed by atoms with Gasteiger partial charge >= 0.3 is 0 Å². The van der Waals surface area contributed by atoms with Crippen LogP contribution in [0.25, 0.3) is 0 Å². The molecule has 1 aromatic rings. The van der Waals surface area contributed by atoms with Gasteiger partial charge in [0, 0.05) is 22.4 Å². The van der Waals surface area contributed by atoms with Crippen LogP contribution in [-0.4, -0.2) is 17.7 Å². The SMILES string of the molecule is CCC(CN)C(=O)Nc1ccc(SC(C)C)cc1. The van der Waals surface area contributed by atoms with Gasteiger partial charge in [0.05, 0.1) is 5.92 Å². The van der Waals surface area contributed by atoms with E-state index in [2.05, 4.69) is 19.2 Å². The zero-order chi connectivity index (χ0) is 13.5. The van der Waals surface area contributed by atoms with E-state index in [0.717, 1.165) is 12.1 Å². The summed E-state index contributed by atoms with van der Waals surface area (Å²) < 4.78 is 0. The lowest BCUT2D eigenvalue weighted by atomic mass is 10.1. The third kappa shape index (κ3) is 4.70. The molecule has 1 atom stereocenters. The quantitative estimate of drug-likeness (QED) is 0.778. The Hall–Kier alpha value is -1.00. The summed E-state index contributed by atoms with van der Waals surface area (Å²) in [4.78, 5) is 13.1. The van der Waals surface area contributed by atoms with Gasteiger partial charge in [-0.1, -0.05) is 20.8 Å². The van der Waals surface area contributed by atoms with Gasteiger partial charge in [-0.25, -0.2) is 0 Å².